The maximum Gasteiger partial charge on any atom is 0.0594 e. The first-order chi connectivity index (χ1) is 7.73. The third-order valence-corrected chi connectivity index (χ3v) is 4.24. The molecule has 94 valence electrons. The second-order valence-corrected chi connectivity index (χ2v) is 5.58. The Kier molecular flexibility index (Phi) is 4.22. The predicted molar refractivity (Wildman–Crippen MR) is 66.7 cm³/mol. The van der Waals surface area contributed by atoms with Crippen molar-refractivity contribution >= 4 is 0 Å². The first kappa shape index (κ1) is 12.3. The number of nitrogens with zero attached hydrogens (tertiary/aromatic N) is 1. The molecule has 2 saturated heterocycles. The third kappa shape index (κ3) is 2.76. The van der Waals surface area contributed by atoms with E-state index < -0.39 is 0 Å². The minimum atomic E-state index is 0.357. The average Bonchev–Trinajstić information content (AvgIpc) is 2.31. The van der Waals surface area contributed by atoms with Crippen molar-refractivity contribution in [3.8, 4) is 0 Å². The van der Waals surface area contributed by atoms with Crippen molar-refractivity contribution in [3.63, 3.8) is 0 Å². The molecule has 1 unspecified atom stereocenters. The average molecular weight is 226 g/mol. The van der Waals surface area contributed by atoms with Gasteiger partial charge in [0.15, 0.2) is 0 Å². The van der Waals surface area contributed by atoms with Gasteiger partial charge in [0, 0.05) is 25.2 Å². The molecule has 2 aliphatic heterocycles. The number of piperidine rings is 1. The molecule has 0 aliphatic carbocycles. The van der Waals surface area contributed by atoms with Crippen LogP contribution in [0.5, 0.6) is 0 Å². The van der Waals surface area contributed by atoms with E-state index in [1.54, 1.807) is 0 Å². The molecule has 1 atom stereocenters. The highest BCUT2D eigenvalue weighted by molar-refractivity contribution is 4.96. The van der Waals surface area contributed by atoms with Gasteiger partial charge in [-0.15, -0.1) is 0 Å². The maximum atomic E-state index is 5.42. The van der Waals surface area contributed by atoms with Crippen LogP contribution in [0.25, 0.3) is 0 Å². The molecule has 16 heavy (non-hydrogen) atoms. The quantitative estimate of drug-likeness (QED) is 0.789. The zero-order chi connectivity index (χ0) is 11.4. The first-order valence-electron chi connectivity index (χ1n) is 6.78. The molecule has 2 aliphatic rings. The van der Waals surface area contributed by atoms with Gasteiger partial charge in [0.25, 0.3) is 0 Å². The van der Waals surface area contributed by atoms with Crippen molar-refractivity contribution in [2.24, 2.45) is 5.92 Å². The van der Waals surface area contributed by atoms with Gasteiger partial charge in [0.2, 0.25) is 0 Å². The number of morpholine rings is 1. The van der Waals surface area contributed by atoms with Gasteiger partial charge in [-0.3, -0.25) is 4.90 Å². The Balaban J connectivity index is 1.95. The Morgan fingerprint density at radius 2 is 2.00 bits per heavy atom. The summed E-state index contributed by atoms with van der Waals surface area (Å²) in [6.45, 7) is 11.2. The van der Waals surface area contributed by atoms with Gasteiger partial charge in [-0.1, -0.05) is 20.3 Å². The van der Waals surface area contributed by atoms with E-state index in [0.29, 0.717) is 5.54 Å². The summed E-state index contributed by atoms with van der Waals surface area (Å²) >= 11 is 0. The lowest BCUT2D eigenvalue weighted by Crippen LogP contribution is -2.60. The van der Waals surface area contributed by atoms with E-state index in [1.165, 1.54) is 32.4 Å². The number of nitrogens with one attached hydrogen (secondary N) is 1. The third-order valence-electron chi connectivity index (χ3n) is 4.24. The SMILES string of the molecule is CC(C)C1(CN2CCOCC2)CCCCN1. The van der Waals surface area contributed by atoms with E-state index in [2.05, 4.69) is 24.1 Å². The maximum absolute atomic E-state index is 5.42. The molecule has 1 N–H and O–H groups in total. The van der Waals surface area contributed by atoms with E-state index in [9.17, 15) is 0 Å². The van der Waals surface area contributed by atoms with Crippen molar-refractivity contribution in [2.75, 3.05) is 39.4 Å². The largest absolute Gasteiger partial charge is 0.379 e. The molecule has 0 bridgehead atoms. The second kappa shape index (κ2) is 5.48. The fourth-order valence-corrected chi connectivity index (χ4v) is 2.96. The Bertz CT molecular complexity index is 206. The van der Waals surface area contributed by atoms with Crippen LogP contribution in [-0.2, 0) is 4.74 Å². The van der Waals surface area contributed by atoms with Crippen molar-refractivity contribution in [1.29, 1.82) is 0 Å². The van der Waals surface area contributed by atoms with Gasteiger partial charge < -0.3 is 10.1 Å². The summed E-state index contributed by atoms with van der Waals surface area (Å²) in [5, 5.41) is 3.80. The highest BCUT2D eigenvalue weighted by Gasteiger charge is 2.36. The lowest BCUT2D eigenvalue weighted by Gasteiger charge is -2.45. The van der Waals surface area contributed by atoms with Gasteiger partial charge in [-0.05, 0) is 25.3 Å². The van der Waals surface area contributed by atoms with E-state index >= 15 is 0 Å². The molecule has 0 aromatic rings. The number of hydrogen-bond donors (Lipinski definition) is 1. The zero-order valence-electron chi connectivity index (χ0n) is 10.8. The van der Waals surface area contributed by atoms with Crippen LogP contribution < -0.4 is 5.32 Å². The molecule has 0 aromatic heterocycles. The second-order valence-electron chi connectivity index (χ2n) is 5.58. The molecular formula is C13H26N2O. The van der Waals surface area contributed by atoms with Crippen molar-refractivity contribution in [2.45, 2.75) is 38.6 Å². The lowest BCUT2D eigenvalue weighted by molar-refractivity contribution is 0.0117. The van der Waals surface area contributed by atoms with Gasteiger partial charge in [0.1, 0.15) is 0 Å². The van der Waals surface area contributed by atoms with Crippen molar-refractivity contribution < 1.29 is 4.74 Å². The molecule has 0 saturated carbocycles. The predicted octanol–water partition coefficient (Wildman–Crippen LogP) is 1.49. The summed E-state index contributed by atoms with van der Waals surface area (Å²) < 4.78 is 5.42. The van der Waals surface area contributed by atoms with Crippen LogP contribution in [-0.4, -0.2) is 49.8 Å². The fraction of sp³-hybridized carbons (Fsp3) is 1.00. The highest BCUT2D eigenvalue weighted by Crippen LogP contribution is 2.28. The van der Waals surface area contributed by atoms with E-state index in [0.717, 1.165) is 32.2 Å². The molecule has 0 radical (unpaired) electrons. The van der Waals surface area contributed by atoms with Gasteiger partial charge in [-0.2, -0.15) is 0 Å². The smallest absolute Gasteiger partial charge is 0.0594 e. The fourth-order valence-electron chi connectivity index (χ4n) is 2.96. The monoisotopic (exact) mass is 226 g/mol. The van der Waals surface area contributed by atoms with E-state index in [-0.39, 0.29) is 0 Å². The Labute approximate surface area is 99.5 Å². The van der Waals surface area contributed by atoms with Crippen molar-refractivity contribution in [3.05, 3.63) is 0 Å². The van der Waals surface area contributed by atoms with Gasteiger partial charge in [-0.25, -0.2) is 0 Å². The molecule has 2 fully saturated rings. The van der Waals surface area contributed by atoms with Crippen LogP contribution in [0.1, 0.15) is 33.1 Å². The molecular weight excluding hydrogens is 200 g/mol. The minimum Gasteiger partial charge on any atom is -0.379 e. The van der Waals surface area contributed by atoms with Crippen LogP contribution in [0.3, 0.4) is 0 Å². The summed E-state index contributed by atoms with van der Waals surface area (Å²) in [5.41, 5.74) is 0.357. The summed E-state index contributed by atoms with van der Waals surface area (Å²) in [4.78, 5) is 2.57. The van der Waals surface area contributed by atoms with Crippen LogP contribution in [0, 0.1) is 5.92 Å². The minimum absolute atomic E-state index is 0.357. The molecule has 0 spiro atoms. The molecule has 0 amide bonds. The summed E-state index contributed by atoms with van der Waals surface area (Å²) in [6, 6.07) is 0. The molecule has 3 heteroatoms. The first-order valence-corrected chi connectivity index (χ1v) is 6.78. The van der Waals surface area contributed by atoms with Crippen LogP contribution in [0.2, 0.25) is 0 Å². The Hall–Kier alpha value is -0.120. The number of hydrogen-bond acceptors (Lipinski definition) is 3. The molecule has 0 aromatic carbocycles. The van der Waals surface area contributed by atoms with Crippen LogP contribution in [0.15, 0.2) is 0 Å². The molecule has 2 rings (SSSR count). The Morgan fingerprint density at radius 1 is 1.25 bits per heavy atom. The molecule has 3 nitrogen and oxygen atoms in total. The van der Waals surface area contributed by atoms with Crippen LogP contribution >= 0.6 is 0 Å². The number of ether oxygens (including phenoxy) is 1. The van der Waals surface area contributed by atoms with E-state index in [1.807, 2.05) is 0 Å². The normalized spacial score (nSPS) is 33.2. The molecule has 2 heterocycles. The summed E-state index contributed by atoms with van der Waals surface area (Å²) in [6.07, 6.45) is 4.06. The van der Waals surface area contributed by atoms with Crippen LogP contribution in [0.4, 0.5) is 0 Å². The van der Waals surface area contributed by atoms with Gasteiger partial charge >= 0.3 is 0 Å². The topological polar surface area (TPSA) is 24.5 Å². The lowest BCUT2D eigenvalue weighted by atomic mass is 9.79. The standard InChI is InChI=1S/C13H26N2O/c1-12(2)13(5-3-4-6-14-13)11-15-7-9-16-10-8-15/h12,14H,3-11H2,1-2H3. The Morgan fingerprint density at radius 3 is 2.56 bits per heavy atom. The zero-order valence-corrected chi connectivity index (χ0v) is 10.8. The van der Waals surface area contributed by atoms with Crippen molar-refractivity contribution in [1.82, 2.24) is 10.2 Å². The van der Waals surface area contributed by atoms with Gasteiger partial charge in [0.05, 0.1) is 13.2 Å². The van der Waals surface area contributed by atoms with E-state index in [4.69, 9.17) is 4.74 Å². The number of rotatable bonds is 3. The highest BCUT2D eigenvalue weighted by atomic mass is 16.5. The summed E-state index contributed by atoms with van der Waals surface area (Å²) in [5.74, 6) is 0.718. The summed E-state index contributed by atoms with van der Waals surface area (Å²) in [7, 11) is 0.